The van der Waals surface area contributed by atoms with E-state index in [4.69, 9.17) is 14.2 Å². The molecule has 154 valence electrons. The van der Waals surface area contributed by atoms with Crippen LogP contribution < -0.4 is 24.4 Å². The van der Waals surface area contributed by atoms with Crippen molar-refractivity contribution in [1.82, 2.24) is 0 Å². The van der Waals surface area contributed by atoms with E-state index in [1.165, 1.54) is 21.3 Å². The van der Waals surface area contributed by atoms with Gasteiger partial charge < -0.3 is 24.4 Å². The maximum atomic E-state index is 12.8. The van der Waals surface area contributed by atoms with Gasteiger partial charge in [-0.05, 0) is 25.5 Å². The van der Waals surface area contributed by atoms with Crippen LogP contribution in [-0.2, 0) is 9.59 Å². The van der Waals surface area contributed by atoms with Crippen molar-refractivity contribution in [2.24, 2.45) is 5.92 Å². The largest absolute Gasteiger partial charge is 0.493 e. The number of ether oxygens (including phenoxy) is 3. The van der Waals surface area contributed by atoms with E-state index >= 15 is 0 Å². The van der Waals surface area contributed by atoms with E-state index in [1.54, 1.807) is 17.0 Å². The smallest absolute Gasteiger partial charge is 0.229 e. The van der Waals surface area contributed by atoms with Gasteiger partial charge in [-0.25, -0.2) is 0 Å². The van der Waals surface area contributed by atoms with Crippen molar-refractivity contribution in [3.63, 3.8) is 0 Å². The lowest BCUT2D eigenvalue weighted by Gasteiger charge is -2.19. The highest BCUT2D eigenvalue weighted by atomic mass is 16.5. The van der Waals surface area contributed by atoms with Gasteiger partial charge in [0, 0.05) is 36.5 Å². The van der Waals surface area contributed by atoms with Crippen LogP contribution in [0.5, 0.6) is 17.2 Å². The van der Waals surface area contributed by atoms with Crippen LogP contribution in [0, 0.1) is 19.8 Å². The number of nitrogens with zero attached hydrogens (tertiary/aromatic N) is 1. The predicted molar refractivity (Wildman–Crippen MR) is 111 cm³/mol. The second-order valence-corrected chi connectivity index (χ2v) is 7.10. The highest BCUT2D eigenvalue weighted by Crippen LogP contribution is 2.40. The van der Waals surface area contributed by atoms with Crippen molar-refractivity contribution < 1.29 is 23.8 Å². The van der Waals surface area contributed by atoms with Crippen LogP contribution in [0.2, 0.25) is 0 Å². The molecule has 0 saturated carbocycles. The average molecular weight is 398 g/mol. The fraction of sp³-hybridized carbons (Fsp3) is 0.364. The molecule has 1 fully saturated rings. The summed E-state index contributed by atoms with van der Waals surface area (Å²) in [6.45, 7) is 4.33. The van der Waals surface area contributed by atoms with Crippen LogP contribution in [-0.4, -0.2) is 39.7 Å². The molecule has 7 nitrogen and oxygen atoms in total. The summed E-state index contributed by atoms with van der Waals surface area (Å²) in [6, 6.07) is 9.27. The molecule has 2 aromatic rings. The Labute approximate surface area is 170 Å². The first-order chi connectivity index (χ1) is 13.9. The molecular weight excluding hydrogens is 372 g/mol. The summed E-state index contributed by atoms with van der Waals surface area (Å²) in [6.07, 6.45) is 0.170. The minimum Gasteiger partial charge on any atom is -0.493 e. The molecule has 0 radical (unpaired) electrons. The SMILES string of the molecule is COc1cc(NC(=O)C2CC(=O)N(c3ccc(C)cc3C)C2)cc(OC)c1OC. The van der Waals surface area contributed by atoms with Crippen molar-refractivity contribution in [3.05, 3.63) is 41.5 Å². The van der Waals surface area contributed by atoms with E-state index in [-0.39, 0.29) is 18.2 Å². The zero-order valence-corrected chi connectivity index (χ0v) is 17.4. The van der Waals surface area contributed by atoms with Crippen LogP contribution in [0.25, 0.3) is 0 Å². The molecule has 1 atom stereocenters. The fourth-order valence-corrected chi connectivity index (χ4v) is 3.62. The van der Waals surface area contributed by atoms with Gasteiger partial charge in [-0.15, -0.1) is 0 Å². The molecule has 0 aromatic heterocycles. The van der Waals surface area contributed by atoms with Gasteiger partial charge in [0.2, 0.25) is 17.6 Å². The van der Waals surface area contributed by atoms with Crippen LogP contribution in [0.4, 0.5) is 11.4 Å². The summed E-state index contributed by atoms with van der Waals surface area (Å²) in [5.74, 6) is 0.623. The Hall–Kier alpha value is -3.22. The number of carbonyl (C=O) groups excluding carboxylic acids is 2. The molecule has 3 rings (SSSR count). The maximum absolute atomic E-state index is 12.8. The van der Waals surface area contributed by atoms with Crippen molar-refractivity contribution in [3.8, 4) is 17.2 Å². The number of aryl methyl sites for hydroxylation is 2. The number of anilines is 2. The van der Waals surface area contributed by atoms with E-state index in [0.29, 0.717) is 29.5 Å². The van der Waals surface area contributed by atoms with Gasteiger partial charge in [-0.2, -0.15) is 0 Å². The topological polar surface area (TPSA) is 77.1 Å². The molecule has 7 heteroatoms. The number of benzene rings is 2. The number of hydrogen-bond acceptors (Lipinski definition) is 5. The first kappa shape index (κ1) is 20.5. The molecule has 1 saturated heterocycles. The Morgan fingerprint density at radius 3 is 2.24 bits per heavy atom. The molecule has 1 heterocycles. The average Bonchev–Trinajstić information content (AvgIpc) is 3.08. The highest BCUT2D eigenvalue weighted by molar-refractivity contribution is 6.04. The first-order valence-electron chi connectivity index (χ1n) is 9.36. The minimum absolute atomic E-state index is 0.0537. The van der Waals surface area contributed by atoms with E-state index in [0.717, 1.165) is 16.8 Å². The van der Waals surface area contributed by atoms with Gasteiger partial charge in [-0.3, -0.25) is 9.59 Å². The van der Waals surface area contributed by atoms with Crippen molar-refractivity contribution in [2.45, 2.75) is 20.3 Å². The summed E-state index contributed by atoms with van der Waals surface area (Å²) in [7, 11) is 4.55. The lowest BCUT2D eigenvalue weighted by Crippen LogP contribution is -2.28. The summed E-state index contributed by atoms with van der Waals surface area (Å²) in [5, 5.41) is 2.87. The van der Waals surface area contributed by atoms with Crippen LogP contribution in [0.15, 0.2) is 30.3 Å². The van der Waals surface area contributed by atoms with Crippen molar-refractivity contribution in [1.29, 1.82) is 0 Å². The van der Waals surface area contributed by atoms with E-state index in [9.17, 15) is 9.59 Å². The first-order valence-corrected chi connectivity index (χ1v) is 9.36. The standard InChI is InChI=1S/C22H26N2O5/c1-13-6-7-17(14(2)8-13)24-12-15(9-20(24)25)22(26)23-16-10-18(27-3)21(29-5)19(11-16)28-4/h6-8,10-11,15H,9,12H2,1-5H3,(H,23,26). The number of hydrogen-bond donors (Lipinski definition) is 1. The zero-order valence-electron chi connectivity index (χ0n) is 17.4. The van der Waals surface area contributed by atoms with Gasteiger partial charge in [0.15, 0.2) is 11.5 Å². The Morgan fingerprint density at radius 2 is 1.69 bits per heavy atom. The van der Waals surface area contributed by atoms with Gasteiger partial charge in [-0.1, -0.05) is 17.7 Å². The van der Waals surface area contributed by atoms with Crippen LogP contribution in [0.3, 0.4) is 0 Å². The van der Waals surface area contributed by atoms with E-state index in [2.05, 4.69) is 5.32 Å². The maximum Gasteiger partial charge on any atom is 0.229 e. The molecule has 29 heavy (non-hydrogen) atoms. The van der Waals surface area contributed by atoms with Crippen molar-refractivity contribution >= 4 is 23.2 Å². The number of nitrogens with one attached hydrogen (secondary N) is 1. The third kappa shape index (κ3) is 4.13. The molecule has 2 amide bonds. The Morgan fingerprint density at radius 1 is 1.03 bits per heavy atom. The molecule has 1 aliphatic heterocycles. The number of amides is 2. The van der Waals surface area contributed by atoms with E-state index < -0.39 is 5.92 Å². The molecule has 0 aliphatic carbocycles. The molecule has 2 aromatic carbocycles. The molecule has 1 unspecified atom stereocenters. The molecule has 1 N–H and O–H groups in total. The summed E-state index contributed by atoms with van der Waals surface area (Å²) in [4.78, 5) is 27.1. The van der Waals surface area contributed by atoms with Crippen LogP contribution in [0.1, 0.15) is 17.5 Å². The Kier molecular flexibility index (Phi) is 5.96. The van der Waals surface area contributed by atoms with Gasteiger partial charge in [0.05, 0.1) is 27.2 Å². The second-order valence-electron chi connectivity index (χ2n) is 7.10. The lowest BCUT2D eigenvalue weighted by molar-refractivity contribution is -0.122. The normalized spacial score (nSPS) is 16.0. The van der Waals surface area contributed by atoms with E-state index in [1.807, 2.05) is 32.0 Å². The zero-order chi connectivity index (χ0) is 21.1. The van der Waals surface area contributed by atoms with Crippen molar-refractivity contribution in [2.75, 3.05) is 38.1 Å². The quantitative estimate of drug-likeness (QED) is 0.808. The molecule has 1 aliphatic rings. The third-order valence-electron chi connectivity index (χ3n) is 5.07. The van der Waals surface area contributed by atoms with Gasteiger partial charge in [0.1, 0.15) is 0 Å². The summed E-state index contributed by atoms with van der Waals surface area (Å²) < 4.78 is 15.9. The van der Waals surface area contributed by atoms with Gasteiger partial charge in [0.25, 0.3) is 0 Å². The summed E-state index contributed by atoms with van der Waals surface area (Å²) in [5.41, 5.74) is 3.52. The second kappa shape index (κ2) is 8.43. The molecular formula is C22H26N2O5. The predicted octanol–water partition coefficient (Wildman–Crippen LogP) is 3.32. The highest BCUT2D eigenvalue weighted by Gasteiger charge is 2.35. The number of carbonyl (C=O) groups is 2. The fourth-order valence-electron chi connectivity index (χ4n) is 3.62. The number of methoxy groups -OCH3 is 3. The van der Waals surface area contributed by atoms with Crippen LogP contribution >= 0.6 is 0 Å². The number of rotatable bonds is 6. The third-order valence-corrected chi connectivity index (χ3v) is 5.07. The molecule has 0 spiro atoms. The van der Waals surface area contributed by atoms with Gasteiger partial charge >= 0.3 is 0 Å². The lowest BCUT2D eigenvalue weighted by atomic mass is 10.1. The Balaban J connectivity index is 1.77. The monoisotopic (exact) mass is 398 g/mol. The minimum atomic E-state index is -0.442. The molecule has 0 bridgehead atoms. The summed E-state index contributed by atoms with van der Waals surface area (Å²) >= 11 is 0. The Bertz CT molecular complexity index is 916.